The van der Waals surface area contributed by atoms with Crippen molar-refractivity contribution in [2.45, 2.75) is 76.0 Å². The number of phenols is 1. The molecule has 0 aliphatic rings. The molecule has 2 rings (SSSR count). The van der Waals surface area contributed by atoms with Gasteiger partial charge in [-0.25, -0.2) is 0 Å². The molecule has 0 aromatic heterocycles. The van der Waals surface area contributed by atoms with Crippen LogP contribution in [0.3, 0.4) is 0 Å². The van der Waals surface area contributed by atoms with Crippen LogP contribution in [0.15, 0.2) is 47.4 Å². The summed E-state index contributed by atoms with van der Waals surface area (Å²) < 4.78 is 38.6. The van der Waals surface area contributed by atoms with Crippen molar-refractivity contribution in [1.82, 2.24) is 0 Å². The van der Waals surface area contributed by atoms with Gasteiger partial charge in [-0.15, -0.1) is 0 Å². The van der Waals surface area contributed by atoms with Gasteiger partial charge in [0.15, 0.2) is 11.5 Å². The molecule has 2 aromatic rings. The van der Waals surface area contributed by atoms with Crippen LogP contribution in [0.1, 0.15) is 70.3 Å². The fourth-order valence-corrected chi connectivity index (χ4v) is 4.10. The normalized spacial score (nSPS) is 11.5. The molecular formula is C23H32O5S. The quantitative estimate of drug-likeness (QED) is 0.285. The number of aromatic hydroxyl groups is 1. The van der Waals surface area contributed by atoms with Crippen LogP contribution in [0.5, 0.6) is 17.2 Å². The monoisotopic (exact) mass is 420 g/mol. The number of rotatable bonds is 13. The zero-order chi connectivity index (χ0) is 21.1. The predicted octanol–water partition coefficient (Wildman–Crippen LogP) is 6.50. The van der Waals surface area contributed by atoms with E-state index in [-0.39, 0.29) is 10.6 Å². The second-order valence-electron chi connectivity index (χ2n) is 7.39. The zero-order valence-electron chi connectivity index (χ0n) is 17.1. The summed E-state index contributed by atoms with van der Waals surface area (Å²) in [6.07, 6.45) is 11.1. The summed E-state index contributed by atoms with van der Waals surface area (Å²) in [5, 5.41) is 9.86. The maximum atomic E-state index is 11.7. The van der Waals surface area contributed by atoms with Crippen molar-refractivity contribution in [2.24, 2.45) is 0 Å². The van der Waals surface area contributed by atoms with Gasteiger partial charge in [0.2, 0.25) is 0 Å². The Morgan fingerprint density at radius 2 is 1.48 bits per heavy atom. The van der Waals surface area contributed by atoms with E-state index in [4.69, 9.17) is 4.74 Å². The first-order valence-corrected chi connectivity index (χ1v) is 11.9. The number of ether oxygens (including phenoxy) is 1. The number of hydrogen-bond donors (Lipinski definition) is 2. The van der Waals surface area contributed by atoms with Crippen molar-refractivity contribution in [2.75, 3.05) is 0 Å². The van der Waals surface area contributed by atoms with Crippen molar-refractivity contribution in [1.29, 1.82) is 0 Å². The summed E-state index contributed by atoms with van der Waals surface area (Å²) >= 11 is 0. The predicted molar refractivity (Wildman–Crippen MR) is 115 cm³/mol. The third kappa shape index (κ3) is 8.07. The Morgan fingerprint density at radius 1 is 0.862 bits per heavy atom. The topological polar surface area (TPSA) is 83.8 Å². The van der Waals surface area contributed by atoms with Gasteiger partial charge in [0.25, 0.3) is 10.1 Å². The molecule has 160 valence electrons. The van der Waals surface area contributed by atoms with Crippen molar-refractivity contribution >= 4 is 10.1 Å². The summed E-state index contributed by atoms with van der Waals surface area (Å²) in [4.78, 5) is -0.0818. The van der Waals surface area contributed by atoms with E-state index in [1.54, 1.807) is 24.3 Å². The van der Waals surface area contributed by atoms with Gasteiger partial charge in [-0.1, -0.05) is 70.4 Å². The first kappa shape index (κ1) is 23.2. The average Bonchev–Trinajstić information content (AvgIpc) is 2.68. The van der Waals surface area contributed by atoms with Crippen LogP contribution >= 0.6 is 0 Å². The molecule has 0 fully saturated rings. The van der Waals surface area contributed by atoms with E-state index < -0.39 is 10.1 Å². The van der Waals surface area contributed by atoms with Crippen molar-refractivity contribution in [3.8, 4) is 17.2 Å². The smallest absolute Gasteiger partial charge is 0.294 e. The average molecular weight is 421 g/mol. The highest BCUT2D eigenvalue weighted by Crippen LogP contribution is 2.32. The molecule has 0 heterocycles. The Hall–Kier alpha value is -2.05. The third-order valence-corrected chi connectivity index (χ3v) is 5.91. The van der Waals surface area contributed by atoms with Crippen LogP contribution in [-0.2, 0) is 16.5 Å². The second kappa shape index (κ2) is 11.8. The summed E-state index contributed by atoms with van der Waals surface area (Å²) in [6, 6.07) is 11.0. The largest absolute Gasteiger partial charge is 0.504 e. The molecule has 0 saturated heterocycles. The Bertz CT molecular complexity index is 861. The van der Waals surface area contributed by atoms with Gasteiger partial charge in [0.1, 0.15) is 5.75 Å². The SMILES string of the molecule is CCCCCCCCCCCc1cc(Oc2ccccc2O)ccc1S(=O)(=O)O. The number of para-hydroxylation sites is 2. The van der Waals surface area contributed by atoms with Gasteiger partial charge in [-0.2, -0.15) is 8.42 Å². The standard InChI is InChI=1S/C23H32O5S/c1-2-3-4-5-6-7-8-9-10-13-19-18-20(16-17-23(19)29(25,26)27)28-22-15-12-11-14-21(22)24/h11-12,14-18,24H,2-10,13H2,1H3,(H,25,26,27). The van der Waals surface area contributed by atoms with E-state index in [2.05, 4.69) is 6.92 Å². The number of phenolic OH excluding ortho intramolecular Hbond substituents is 1. The number of unbranched alkanes of at least 4 members (excludes halogenated alkanes) is 8. The lowest BCUT2D eigenvalue weighted by atomic mass is 10.0. The maximum Gasteiger partial charge on any atom is 0.294 e. The summed E-state index contributed by atoms with van der Waals surface area (Å²) in [7, 11) is -4.30. The van der Waals surface area contributed by atoms with Crippen LogP contribution in [-0.4, -0.2) is 18.1 Å². The Balaban J connectivity index is 1.94. The lowest BCUT2D eigenvalue weighted by Gasteiger charge is -2.12. The maximum absolute atomic E-state index is 11.7. The van der Waals surface area contributed by atoms with Crippen LogP contribution in [0.4, 0.5) is 0 Å². The van der Waals surface area contributed by atoms with Crippen LogP contribution in [0.2, 0.25) is 0 Å². The lowest BCUT2D eigenvalue weighted by Crippen LogP contribution is -2.04. The van der Waals surface area contributed by atoms with E-state index in [9.17, 15) is 18.1 Å². The molecular weight excluding hydrogens is 388 g/mol. The highest BCUT2D eigenvalue weighted by molar-refractivity contribution is 7.85. The molecule has 0 spiro atoms. The highest BCUT2D eigenvalue weighted by Gasteiger charge is 2.16. The van der Waals surface area contributed by atoms with E-state index in [0.717, 1.165) is 19.3 Å². The van der Waals surface area contributed by atoms with Crippen molar-refractivity contribution < 1.29 is 22.8 Å². The second-order valence-corrected chi connectivity index (χ2v) is 8.78. The number of hydrogen-bond acceptors (Lipinski definition) is 4. The van der Waals surface area contributed by atoms with Gasteiger partial charge < -0.3 is 9.84 Å². The molecule has 6 heteroatoms. The molecule has 0 amide bonds. The first-order valence-electron chi connectivity index (χ1n) is 10.5. The molecule has 0 aliphatic carbocycles. The molecule has 5 nitrogen and oxygen atoms in total. The van der Waals surface area contributed by atoms with Gasteiger partial charge in [0, 0.05) is 0 Å². The molecule has 0 bridgehead atoms. The van der Waals surface area contributed by atoms with Crippen LogP contribution in [0.25, 0.3) is 0 Å². The van der Waals surface area contributed by atoms with E-state index in [1.807, 2.05) is 0 Å². The highest BCUT2D eigenvalue weighted by atomic mass is 32.2. The molecule has 0 atom stereocenters. The molecule has 2 aromatic carbocycles. The Morgan fingerprint density at radius 3 is 2.10 bits per heavy atom. The summed E-state index contributed by atoms with van der Waals surface area (Å²) in [5.41, 5.74) is 0.531. The van der Waals surface area contributed by atoms with Gasteiger partial charge >= 0.3 is 0 Å². The van der Waals surface area contributed by atoms with E-state index >= 15 is 0 Å². The van der Waals surface area contributed by atoms with E-state index in [1.165, 1.54) is 56.7 Å². The van der Waals surface area contributed by atoms with Gasteiger partial charge in [-0.3, -0.25) is 4.55 Å². The first-order chi connectivity index (χ1) is 13.9. The third-order valence-electron chi connectivity index (χ3n) is 4.95. The van der Waals surface area contributed by atoms with Gasteiger partial charge in [0.05, 0.1) is 4.90 Å². The molecule has 0 saturated carbocycles. The summed E-state index contributed by atoms with van der Waals surface area (Å²) in [5.74, 6) is 0.720. The molecule has 29 heavy (non-hydrogen) atoms. The minimum absolute atomic E-state index is 0.00634. The lowest BCUT2D eigenvalue weighted by molar-refractivity contribution is 0.410. The number of aryl methyl sites for hydroxylation is 1. The fraction of sp³-hybridized carbons (Fsp3) is 0.478. The Kier molecular flexibility index (Phi) is 9.48. The number of benzene rings is 2. The molecule has 0 aliphatic heterocycles. The van der Waals surface area contributed by atoms with Crippen LogP contribution < -0.4 is 4.74 Å². The van der Waals surface area contributed by atoms with Crippen molar-refractivity contribution in [3.05, 3.63) is 48.0 Å². The minimum Gasteiger partial charge on any atom is -0.504 e. The Labute approximate surface area is 174 Å². The van der Waals surface area contributed by atoms with Crippen molar-refractivity contribution in [3.63, 3.8) is 0 Å². The van der Waals surface area contributed by atoms with E-state index in [0.29, 0.717) is 23.5 Å². The minimum atomic E-state index is -4.30. The zero-order valence-corrected chi connectivity index (χ0v) is 18.0. The van der Waals surface area contributed by atoms with Crippen LogP contribution in [0, 0.1) is 0 Å². The molecule has 0 unspecified atom stereocenters. The van der Waals surface area contributed by atoms with Gasteiger partial charge in [-0.05, 0) is 48.7 Å². The summed E-state index contributed by atoms with van der Waals surface area (Å²) in [6.45, 7) is 2.21. The fourth-order valence-electron chi connectivity index (χ4n) is 3.36. The molecule has 0 radical (unpaired) electrons. The molecule has 2 N–H and O–H groups in total.